The fourth-order valence-corrected chi connectivity index (χ4v) is 1.74. The Hall–Kier alpha value is -2.54. The van der Waals surface area contributed by atoms with Crippen LogP contribution in [0.15, 0.2) is 37.2 Å². The monoisotopic (exact) mass is 239 g/mol. The number of rotatable bonds is 4. The van der Waals surface area contributed by atoms with Gasteiger partial charge in [0.2, 0.25) is 0 Å². The lowest BCUT2D eigenvalue weighted by Crippen LogP contribution is -1.94. The lowest BCUT2D eigenvalue weighted by atomic mass is 10.0. The summed E-state index contributed by atoms with van der Waals surface area (Å²) < 4.78 is 6.92. The van der Waals surface area contributed by atoms with Crippen molar-refractivity contribution in [1.29, 1.82) is 5.26 Å². The van der Waals surface area contributed by atoms with Crippen LogP contribution >= 0.6 is 0 Å². The van der Waals surface area contributed by atoms with Gasteiger partial charge in [-0.2, -0.15) is 10.4 Å². The van der Waals surface area contributed by atoms with Crippen molar-refractivity contribution in [2.75, 3.05) is 7.11 Å². The highest BCUT2D eigenvalue weighted by Gasteiger charge is 2.08. The van der Waals surface area contributed by atoms with E-state index in [4.69, 9.17) is 10.00 Å². The van der Waals surface area contributed by atoms with Gasteiger partial charge in [-0.3, -0.25) is 4.68 Å². The minimum atomic E-state index is 0.240. The van der Waals surface area contributed by atoms with Crippen molar-refractivity contribution >= 4 is 6.08 Å². The van der Waals surface area contributed by atoms with E-state index in [0.717, 1.165) is 22.4 Å². The van der Waals surface area contributed by atoms with E-state index in [2.05, 4.69) is 17.7 Å². The highest BCUT2D eigenvalue weighted by molar-refractivity contribution is 5.72. The van der Waals surface area contributed by atoms with Crippen molar-refractivity contribution in [3.05, 3.63) is 42.7 Å². The molecule has 0 radical (unpaired) electrons. The maximum Gasteiger partial charge on any atom is 0.128 e. The van der Waals surface area contributed by atoms with Crippen LogP contribution in [0.3, 0.4) is 0 Å². The highest BCUT2D eigenvalue weighted by atomic mass is 16.5. The summed E-state index contributed by atoms with van der Waals surface area (Å²) in [5.41, 5.74) is 2.88. The van der Waals surface area contributed by atoms with E-state index in [1.54, 1.807) is 24.1 Å². The Kier molecular flexibility index (Phi) is 3.44. The second-order valence-corrected chi connectivity index (χ2v) is 3.75. The van der Waals surface area contributed by atoms with Gasteiger partial charge in [0.05, 0.1) is 19.4 Å². The van der Waals surface area contributed by atoms with Crippen LogP contribution in [0.4, 0.5) is 0 Å². The summed E-state index contributed by atoms with van der Waals surface area (Å²) in [5, 5.41) is 12.8. The number of methoxy groups -OCH3 is 1. The molecule has 0 aliphatic carbocycles. The summed E-state index contributed by atoms with van der Waals surface area (Å²) in [6, 6.07) is 7.87. The molecule has 0 atom stereocenters. The van der Waals surface area contributed by atoms with Gasteiger partial charge in [-0.1, -0.05) is 18.7 Å². The first-order chi connectivity index (χ1) is 8.78. The normalized spacial score (nSPS) is 9.78. The van der Waals surface area contributed by atoms with E-state index in [-0.39, 0.29) is 6.54 Å². The van der Waals surface area contributed by atoms with E-state index in [0.29, 0.717) is 0 Å². The molecule has 0 unspecified atom stereocenters. The van der Waals surface area contributed by atoms with E-state index in [1.165, 1.54) is 0 Å². The van der Waals surface area contributed by atoms with E-state index in [1.807, 2.05) is 24.4 Å². The molecule has 0 saturated carbocycles. The standard InChI is InChI=1S/C14H13N3O/c1-3-11-4-5-14(18-2)13(8-11)12-9-16-17(10-12)7-6-15/h3-5,8-10H,1,7H2,2H3. The number of aromatic nitrogens is 2. The molecule has 4 heteroatoms. The summed E-state index contributed by atoms with van der Waals surface area (Å²) in [6.07, 6.45) is 5.33. The maximum atomic E-state index is 8.63. The smallest absolute Gasteiger partial charge is 0.128 e. The van der Waals surface area contributed by atoms with E-state index >= 15 is 0 Å². The van der Waals surface area contributed by atoms with Crippen LogP contribution in [-0.4, -0.2) is 16.9 Å². The molecule has 2 aromatic rings. The Balaban J connectivity index is 2.47. The number of ether oxygens (including phenoxy) is 1. The van der Waals surface area contributed by atoms with Gasteiger partial charge in [-0.15, -0.1) is 0 Å². The number of benzene rings is 1. The number of nitrogens with zero attached hydrogens (tertiary/aromatic N) is 3. The Morgan fingerprint density at radius 3 is 3.06 bits per heavy atom. The van der Waals surface area contributed by atoms with Crippen molar-refractivity contribution < 1.29 is 4.74 Å². The van der Waals surface area contributed by atoms with Crippen LogP contribution < -0.4 is 4.74 Å². The Labute approximate surface area is 106 Å². The molecule has 0 fully saturated rings. The summed E-state index contributed by atoms with van der Waals surface area (Å²) in [4.78, 5) is 0. The first-order valence-electron chi connectivity index (χ1n) is 5.48. The van der Waals surface area contributed by atoms with Crippen LogP contribution in [0.25, 0.3) is 17.2 Å². The second kappa shape index (κ2) is 5.19. The molecule has 90 valence electrons. The third-order valence-electron chi connectivity index (χ3n) is 2.64. The predicted octanol–water partition coefficient (Wildman–Crippen LogP) is 2.73. The minimum Gasteiger partial charge on any atom is -0.496 e. The topological polar surface area (TPSA) is 50.8 Å². The molecular weight excluding hydrogens is 226 g/mol. The van der Waals surface area contributed by atoms with Gasteiger partial charge in [-0.05, 0) is 17.7 Å². The van der Waals surface area contributed by atoms with Gasteiger partial charge < -0.3 is 4.74 Å². The Morgan fingerprint density at radius 2 is 2.39 bits per heavy atom. The van der Waals surface area contributed by atoms with Gasteiger partial charge in [0.1, 0.15) is 12.3 Å². The molecule has 18 heavy (non-hydrogen) atoms. The number of hydrogen-bond acceptors (Lipinski definition) is 3. The molecule has 0 bridgehead atoms. The van der Waals surface area contributed by atoms with Gasteiger partial charge in [0.15, 0.2) is 0 Å². The summed E-state index contributed by atoms with van der Waals surface area (Å²) in [5.74, 6) is 0.775. The lowest BCUT2D eigenvalue weighted by Gasteiger charge is -2.07. The molecule has 1 aromatic carbocycles. The maximum absolute atomic E-state index is 8.63. The average molecular weight is 239 g/mol. The van der Waals surface area contributed by atoms with E-state index in [9.17, 15) is 0 Å². The molecule has 0 N–H and O–H groups in total. The third kappa shape index (κ3) is 2.25. The number of hydrogen-bond donors (Lipinski definition) is 0. The quantitative estimate of drug-likeness (QED) is 0.824. The molecular formula is C14H13N3O. The van der Waals surface area contributed by atoms with Crippen molar-refractivity contribution in [3.63, 3.8) is 0 Å². The van der Waals surface area contributed by atoms with Gasteiger partial charge >= 0.3 is 0 Å². The molecule has 0 aliphatic rings. The zero-order valence-corrected chi connectivity index (χ0v) is 10.1. The molecule has 1 heterocycles. The van der Waals surface area contributed by atoms with Crippen LogP contribution in [0, 0.1) is 11.3 Å². The van der Waals surface area contributed by atoms with Crippen molar-refractivity contribution in [3.8, 4) is 22.9 Å². The first kappa shape index (κ1) is 11.9. The molecule has 0 aliphatic heterocycles. The lowest BCUT2D eigenvalue weighted by molar-refractivity contribution is 0.416. The SMILES string of the molecule is C=Cc1ccc(OC)c(-c2cnn(CC#N)c2)c1. The molecule has 4 nitrogen and oxygen atoms in total. The van der Waals surface area contributed by atoms with Crippen LogP contribution in [0.5, 0.6) is 5.75 Å². The zero-order valence-electron chi connectivity index (χ0n) is 10.1. The van der Waals surface area contributed by atoms with Crippen molar-refractivity contribution in [1.82, 2.24) is 9.78 Å². The third-order valence-corrected chi connectivity index (χ3v) is 2.64. The molecule has 2 rings (SSSR count). The van der Waals surface area contributed by atoms with E-state index < -0.39 is 0 Å². The van der Waals surface area contributed by atoms with Crippen LogP contribution in [0.1, 0.15) is 5.56 Å². The second-order valence-electron chi connectivity index (χ2n) is 3.75. The largest absolute Gasteiger partial charge is 0.496 e. The minimum absolute atomic E-state index is 0.240. The predicted molar refractivity (Wildman–Crippen MR) is 69.9 cm³/mol. The van der Waals surface area contributed by atoms with Gasteiger partial charge in [0, 0.05) is 17.3 Å². The molecule has 0 saturated heterocycles. The van der Waals surface area contributed by atoms with Crippen molar-refractivity contribution in [2.45, 2.75) is 6.54 Å². The Bertz CT molecular complexity index is 608. The summed E-state index contributed by atoms with van der Waals surface area (Å²) in [6.45, 7) is 3.99. The fourth-order valence-electron chi connectivity index (χ4n) is 1.74. The average Bonchev–Trinajstić information content (AvgIpc) is 2.87. The fraction of sp³-hybridized carbons (Fsp3) is 0.143. The molecule has 0 spiro atoms. The highest BCUT2D eigenvalue weighted by Crippen LogP contribution is 2.30. The number of nitriles is 1. The van der Waals surface area contributed by atoms with Crippen molar-refractivity contribution in [2.24, 2.45) is 0 Å². The summed E-state index contributed by atoms with van der Waals surface area (Å²) in [7, 11) is 1.63. The summed E-state index contributed by atoms with van der Waals surface area (Å²) >= 11 is 0. The van der Waals surface area contributed by atoms with Gasteiger partial charge in [-0.25, -0.2) is 0 Å². The first-order valence-corrected chi connectivity index (χ1v) is 5.48. The zero-order chi connectivity index (χ0) is 13.0. The van der Waals surface area contributed by atoms with Crippen LogP contribution in [-0.2, 0) is 6.54 Å². The Morgan fingerprint density at radius 1 is 1.56 bits per heavy atom. The van der Waals surface area contributed by atoms with Crippen LogP contribution in [0.2, 0.25) is 0 Å². The molecule has 1 aromatic heterocycles. The van der Waals surface area contributed by atoms with Gasteiger partial charge in [0.25, 0.3) is 0 Å². The molecule has 0 amide bonds.